The molecular weight excluding hydrogens is 266 g/mol. The number of hydrogen-bond acceptors (Lipinski definition) is 3. The smallest absolute Gasteiger partial charge is 0.253 e. The molecule has 0 heterocycles. The monoisotopic (exact) mass is 281 g/mol. The third kappa shape index (κ3) is 3.94. The Bertz CT molecular complexity index is 501. The molecule has 1 aliphatic rings. The second kappa shape index (κ2) is 6.04. The minimum atomic E-state index is -0.197. The Morgan fingerprint density at radius 2 is 2.11 bits per heavy atom. The van der Waals surface area contributed by atoms with E-state index in [0.29, 0.717) is 16.3 Å². The van der Waals surface area contributed by atoms with Gasteiger partial charge in [-0.3, -0.25) is 9.59 Å². The molecule has 2 rings (SSSR count). The molecule has 1 saturated carbocycles. The van der Waals surface area contributed by atoms with Crippen LogP contribution in [0.3, 0.4) is 0 Å². The second-order valence-electron chi connectivity index (χ2n) is 4.52. The van der Waals surface area contributed by atoms with E-state index in [2.05, 4.69) is 16.0 Å². The second-order valence-corrected chi connectivity index (χ2v) is 4.93. The Balaban J connectivity index is 2.09. The zero-order chi connectivity index (χ0) is 13.8. The van der Waals surface area contributed by atoms with Crippen LogP contribution in [-0.4, -0.2) is 31.4 Å². The summed E-state index contributed by atoms with van der Waals surface area (Å²) in [6, 6.07) is 5.14. The molecule has 1 fully saturated rings. The van der Waals surface area contributed by atoms with Crippen molar-refractivity contribution in [1.82, 2.24) is 10.6 Å². The summed E-state index contributed by atoms with van der Waals surface area (Å²) in [5.74, 6) is -0.365. The fourth-order valence-electron chi connectivity index (χ4n) is 1.63. The van der Waals surface area contributed by atoms with Crippen molar-refractivity contribution in [3.05, 3.63) is 28.8 Å². The van der Waals surface area contributed by atoms with E-state index in [-0.39, 0.29) is 24.4 Å². The van der Waals surface area contributed by atoms with Crippen LogP contribution in [-0.2, 0) is 4.79 Å². The Kier molecular flexibility index (Phi) is 4.39. The molecule has 0 bridgehead atoms. The lowest BCUT2D eigenvalue weighted by Gasteiger charge is -2.09. The van der Waals surface area contributed by atoms with E-state index in [4.69, 9.17) is 11.6 Å². The van der Waals surface area contributed by atoms with Gasteiger partial charge in [-0.1, -0.05) is 11.6 Å². The van der Waals surface area contributed by atoms with Crippen molar-refractivity contribution >= 4 is 29.1 Å². The maximum Gasteiger partial charge on any atom is 0.253 e. The summed E-state index contributed by atoms with van der Waals surface area (Å²) >= 11 is 6.01. The van der Waals surface area contributed by atoms with E-state index in [0.717, 1.165) is 12.8 Å². The first-order valence-corrected chi connectivity index (χ1v) is 6.53. The highest BCUT2D eigenvalue weighted by atomic mass is 35.5. The standard InChI is InChI=1S/C13H16ClN3O2/c1-15-7-12(18)16-9-4-5-11(14)10(6-9)13(19)17-8-2-3-8/h4-6,8,15H,2-3,7H2,1H3,(H,16,18)(H,17,19). The number of anilines is 1. The van der Waals surface area contributed by atoms with E-state index in [1.165, 1.54) is 0 Å². The van der Waals surface area contributed by atoms with E-state index in [1.54, 1.807) is 25.2 Å². The lowest BCUT2D eigenvalue weighted by molar-refractivity contribution is -0.115. The van der Waals surface area contributed by atoms with Crippen molar-refractivity contribution in [2.45, 2.75) is 18.9 Å². The average molecular weight is 282 g/mol. The average Bonchev–Trinajstić information content (AvgIpc) is 3.15. The maximum absolute atomic E-state index is 12.0. The number of hydrogen-bond donors (Lipinski definition) is 3. The largest absolute Gasteiger partial charge is 0.349 e. The molecule has 0 unspecified atom stereocenters. The molecule has 6 heteroatoms. The maximum atomic E-state index is 12.0. The summed E-state index contributed by atoms with van der Waals surface area (Å²) in [7, 11) is 1.69. The molecule has 1 aliphatic carbocycles. The lowest BCUT2D eigenvalue weighted by atomic mass is 10.2. The fourth-order valence-corrected chi connectivity index (χ4v) is 1.84. The Hall–Kier alpha value is -1.59. The molecule has 102 valence electrons. The normalized spacial score (nSPS) is 14.0. The van der Waals surface area contributed by atoms with Crippen LogP contribution in [0.4, 0.5) is 5.69 Å². The van der Waals surface area contributed by atoms with E-state index in [9.17, 15) is 9.59 Å². The molecule has 0 aromatic heterocycles. The number of amides is 2. The van der Waals surface area contributed by atoms with Gasteiger partial charge in [-0.15, -0.1) is 0 Å². The molecule has 2 amide bonds. The highest BCUT2D eigenvalue weighted by Crippen LogP contribution is 2.23. The van der Waals surface area contributed by atoms with Crippen LogP contribution in [0.25, 0.3) is 0 Å². The molecule has 0 spiro atoms. The first-order chi connectivity index (χ1) is 9.10. The molecule has 1 aromatic carbocycles. The minimum Gasteiger partial charge on any atom is -0.349 e. The van der Waals surface area contributed by atoms with Gasteiger partial charge in [0.1, 0.15) is 0 Å². The van der Waals surface area contributed by atoms with E-state index >= 15 is 0 Å². The topological polar surface area (TPSA) is 70.2 Å². The van der Waals surface area contributed by atoms with Gasteiger partial charge in [-0.05, 0) is 38.1 Å². The number of likely N-dealkylation sites (N-methyl/N-ethyl adjacent to an activating group) is 1. The zero-order valence-electron chi connectivity index (χ0n) is 10.6. The van der Waals surface area contributed by atoms with Crippen molar-refractivity contribution in [3.8, 4) is 0 Å². The van der Waals surface area contributed by atoms with Gasteiger partial charge in [0, 0.05) is 11.7 Å². The van der Waals surface area contributed by atoms with Gasteiger partial charge in [-0.25, -0.2) is 0 Å². The van der Waals surface area contributed by atoms with Crippen LogP contribution in [0.2, 0.25) is 5.02 Å². The molecule has 0 aliphatic heterocycles. The van der Waals surface area contributed by atoms with Gasteiger partial charge in [0.25, 0.3) is 5.91 Å². The summed E-state index contributed by atoms with van der Waals surface area (Å²) < 4.78 is 0. The van der Waals surface area contributed by atoms with Crippen molar-refractivity contribution in [1.29, 1.82) is 0 Å². The number of benzene rings is 1. The highest BCUT2D eigenvalue weighted by Gasteiger charge is 2.24. The molecular formula is C13H16ClN3O2. The summed E-state index contributed by atoms with van der Waals surface area (Å²) in [5, 5.41) is 8.70. The van der Waals surface area contributed by atoms with Gasteiger partial charge < -0.3 is 16.0 Å². The quantitative estimate of drug-likeness (QED) is 0.764. The number of nitrogens with one attached hydrogen (secondary N) is 3. The Labute approximate surface area is 116 Å². The van der Waals surface area contributed by atoms with Gasteiger partial charge in [0.05, 0.1) is 17.1 Å². The van der Waals surface area contributed by atoms with Crippen LogP contribution < -0.4 is 16.0 Å². The van der Waals surface area contributed by atoms with Crippen LogP contribution in [0.15, 0.2) is 18.2 Å². The van der Waals surface area contributed by atoms with Crippen LogP contribution >= 0.6 is 11.6 Å². The SMILES string of the molecule is CNCC(=O)Nc1ccc(Cl)c(C(=O)NC2CC2)c1. The van der Waals surface area contributed by atoms with Gasteiger partial charge >= 0.3 is 0 Å². The third-order valence-corrected chi connectivity index (χ3v) is 3.07. The van der Waals surface area contributed by atoms with Crippen LogP contribution in [0.1, 0.15) is 23.2 Å². The van der Waals surface area contributed by atoms with E-state index < -0.39 is 0 Å². The first-order valence-electron chi connectivity index (χ1n) is 6.15. The Morgan fingerprint density at radius 3 is 2.74 bits per heavy atom. The lowest BCUT2D eigenvalue weighted by Crippen LogP contribution is -2.27. The number of carbonyl (C=O) groups is 2. The van der Waals surface area contributed by atoms with Gasteiger partial charge in [0.2, 0.25) is 5.91 Å². The third-order valence-electron chi connectivity index (χ3n) is 2.74. The molecule has 1 aromatic rings. The summed E-state index contributed by atoms with van der Waals surface area (Å²) in [4.78, 5) is 23.4. The first kappa shape index (κ1) is 13.8. The predicted molar refractivity (Wildman–Crippen MR) is 74.5 cm³/mol. The molecule has 5 nitrogen and oxygen atoms in total. The summed E-state index contributed by atoms with van der Waals surface area (Å²) in [5.41, 5.74) is 0.946. The molecule has 0 atom stereocenters. The number of halogens is 1. The van der Waals surface area contributed by atoms with Crippen LogP contribution in [0, 0.1) is 0 Å². The molecule has 19 heavy (non-hydrogen) atoms. The predicted octanol–water partition coefficient (Wildman–Crippen LogP) is 1.39. The van der Waals surface area contributed by atoms with Crippen LogP contribution in [0.5, 0.6) is 0 Å². The van der Waals surface area contributed by atoms with E-state index in [1.807, 2.05) is 0 Å². The highest BCUT2D eigenvalue weighted by molar-refractivity contribution is 6.34. The molecule has 0 saturated heterocycles. The minimum absolute atomic E-state index is 0.168. The fraction of sp³-hybridized carbons (Fsp3) is 0.385. The van der Waals surface area contributed by atoms with Crippen molar-refractivity contribution in [2.75, 3.05) is 18.9 Å². The Morgan fingerprint density at radius 1 is 1.37 bits per heavy atom. The van der Waals surface area contributed by atoms with Gasteiger partial charge in [0.15, 0.2) is 0 Å². The number of carbonyl (C=O) groups excluding carboxylic acids is 2. The molecule has 0 radical (unpaired) electrons. The number of rotatable bonds is 5. The summed E-state index contributed by atoms with van der Waals surface area (Å²) in [6.45, 7) is 0.215. The van der Waals surface area contributed by atoms with Crippen molar-refractivity contribution in [3.63, 3.8) is 0 Å². The van der Waals surface area contributed by atoms with Gasteiger partial charge in [-0.2, -0.15) is 0 Å². The summed E-state index contributed by atoms with van der Waals surface area (Å²) in [6.07, 6.45) is 2.03. The van der Waals surface area contributed by atoms with Crippen molar-refractivity contribution in [2.24, 2.45) is 0 Å². The zero-order valence-corrected chi connectivity index (χ0v) is 11.4. The van der Waals surface area contributed by atoms with Crippen molar-refractivity contribution < 1.29 is 9.59 Å². The molecule has 3 N–H and O–H groups in total.